The second kappa shape index (κ2) is 8.40. The largest absolute Gasteiger partial charge is 0.349 e. The molecule has 1 aliphatic carbocycles. The molecule has 2 aliphatic rings. The first-order chi connectivity index (χ1) is 13.2. The molecule has 0 aromatic heterocycles. The van der Waals surface area contributed by atoms with Crippen LogP contribution in [-0.4, -0.2) is 29.4 Å². The lowest BCUT2D eigenvalue weighted by atomic mass is 10.1. The molecule has 0 unspecified atom stereocenters. The zero-order chi connectivity index (χ0) is 18.6. The van der Waals surface area contributed by atoms with Gasteiger partial charge in [0.15, 0.2) is 0 Å². The van der Waals surface area contributed by atoms with Crippen LogP contribution < -0.4 is 10.6 Å². The number of anilines is 1. The Labute approximate surface area is 167 Å². The highest BCUT2D eigenvalue weighted by molar-refractivity contribution is 8.16. The molecule has 1 aliphatic heterocycles. The third-order valence-electron chi connectivity index (χ3n) is 4.57. The number of carbonyl (C=O) groups is 2. The Morgan fingerprint density at radius 1 is 0.889 bits per heavy atom. The van der Waals surface area contributed by atoms with Gasteiger partial charge in [0, 0.05) is 22.9 Å². The first kappa shape index (κ1) is 18.4. The van der Waals surface area contributed by atoms with Gasteiger partial charge in [-0.05, 0) is 66.7 Å². The van der Waals surface area contributed by atoms with Gasteiger partial charge in [-0.1, -0.05) is 18.2 Å². The highest BCUT2D eigenvalue weighted by Gasteiger charge is 2.24. The second-order valence-corrected chi connectivity index (χ2v) is 9.56. The molecule has 1 saturated heterocycles. The molecule has 27 heavy (non-hydrogen) atoms. The molecular formula is C21H22N2O2S2. The van der Waals surface area contributed by atoms with Crippen LogP contribution >= 0.6 is 23.5 Å². The minimum atomic E-state index is -0.162. The van der Waals surface area contributed by atoms with E-state index in [4.69, 9.17) is 0 Å². The van der Waals surface area contributed by atoms with Crippen LogP contribution in [0.25, 0.3) is 0 Å². The van der Waals surface area contributed by atoms with E-state index in [1.54, 1.807) is 24.3 Å². The molecule has 1 heterocycles. The van der Waals surface area contributed by atoms with Crippen molar-refractivity contribution in [1.82, 2.24) is 5.32 Å². The van der Waals surface area contributed by atoms with E-state index in [2.05, 4.69) is 10.6 Å². The van der Waals surface area contributed by atoms with Crippen molar-refractivity contribution in [2.75, 3.05) is 16.8 Å². The normalized spacial score (nSPS) is 17.3. The van der Waals surface area contributed by atoms with E-state index in [0.29, 0.717) is 27.4 Å². The van der Waals surface area contributed by atoms with Gasteiger partial charge in [-0.2, -0.15) is 0 Å². The quantitative estimate of drug-likeness (QED) is 0.766. The third kappa shape index (κ3) is 4.87. The Balaban J connectivity index is 1.40. The van der Waals surface area contributed by atoms with Gasteiger partial charge in [-0.25, -0.2) is 0 Å². The first-order valence-corrected chi connectivity index (χ1v) is 11.3. The van der Waals surface area contributed by atoms with Crippen molar-refractivity contribution < 1.29 is 9.59 Å². The average Bonchev–Trinajstić information content (AvgIpc) is 3.53. The average molecular weight is 399 g/mol. The van der Waals surface area contributed by atoms with E-state index >= 15 is 0 Å². The van der Waals surface area contributed by atoms with E-state index in [9.17, 15) is 9.59 Å². The number of nitrogens with one attached hydrogen (secondary N) is 2. The van der Waals surface area contributed by atoms with E-state index in [0.717, 1.165) is 12.8 Å². The van der Waals surface area contributed by atoms with Crippen LogP contribution in [0.5, 0.6) is 0 Å². The Kier molecular flexibility index (Phi) is 5.74. The molecule has 2 fully saturated rings. The fourth-order valence-corrected chi connectivity index (χ4v) is 5.80. The molecule has 2 aromatic carbocycles. The van der Waals surface area contributed by atoms with Crippen LogP contribution in [0.4, 0.5) is 5.69 Å². The number of hydrogen-bond donors (Lipinski definition) is 2. The van der Waals surface area contributed by atoms with Crippen molar-refractivity contribution in [3.8, 4) is 0 Å². The van der Waals surface area contributed by atoms with Crippen LogP contribution in [0.15, 0.2) is 48.5 Å². The van der Waals surface area contributed by atoms with Gasteiger partial charge in [0.05, 0.1) is 4.58 Å². The molecule has 2 amide bonds. The van der Waals surface area contributed by atoms with Crippen molar-refractivity contribution in [1.29, 1.82) is 0 Å². The number of hydrogen-bond acceptors (Lipinski definition) is 4. The molecule has 0 atom stereocenters. The Morgan fingerprint density at radius 3 is 2.33 bits per heavy atom. The zero-order valence-corrected chi connectivity index (χ0v) is 16.6. The first-order valence-electron chi connectivity index (χ1n) is 9.24. The second-order valence-electron chi connectivity index (χ2n) is 6.83. The van der Waals surface area contributed by atoms with Crippen molar-refractivity contribution >= 4 is 41.0 Å². The Hall–Kier alpha value is -1.92. The predicted molar refractivity (Wildman–Crippen MR) is 114 cm³/mol. The van der Waals surface area contributed by atoms with Gasteiger partial charge in [-0.3, -0.25) is 9.59 Å². The highest BCUT2D eigenvalue weighted by Crippen LogP contribution is 2.43. The van der Waals surface area contributed by atoms with Crippen molar-refractivity contribution in [3.63, 3.8) is 0 Å². The van der Waals surface area contributed by atoms with Crippen LogP contribution in [0.1, 0.15) is 50.1 Å². The maximum atomic E-state index is 12.5. The summed E-state index contributed by atoms with van der Waals surface area (Å²) in [5.41, 5.74) is 3.09. The molecular weight excluding hydrogens is 376 g/mol. The molecule has 0 spiro atoms. The standard InChI is InChI=1S/C21H22N2O2S2/c24-19(14-5-7-15(8-6-14)21-26-11-2-12-27-21)23-18-4-1-3-16(13-18)20(25)22-17-9-10-17/h1,3-8,13,17,21H,2,9-12H2,(H,22,25)(H,23,24). The Bertz CT molecular complexity index is 828. The summed E-state index contributed by atoms with van der Waals surface area (Å²) in [6.07, 6.45) is 3.37. The lowest BCUT2D eigenvalue weighted by Crippen LogP contribution is -2.25. The summed E-state index contributed by atoms with van der Waals surface area (Å²) < 4.78 is 0.470. The molecule has 140 valence electrons. The van der Waals surface area contributed by atoms with E-state index < -0.39 is 0 Å². The minimum absolute atomic E-state index is 0.0829. The monoisotopic (exact) mass is 398 g/mol. The molecule has 2 aromatic rings. The maximum Gasteiger partial charge on any atom is 0.255 e. The van der Waals surface area contributed by atoms with E-state index in [-0.39, 0.29) is 11.8 Å². The molecule has 4 rings (SSSR count). The number of carbonyl (C=O) groups excluding carboxylic acids is 2. The lowest BCUT2D eigenvalue weighted by Gasteiger charge is -2.21. The summed E-state index contributed by atoms with van der Waals surface area (Å²) in [6, 6.07) is 15.2. The van der Waals surface area contributed by atoms with Gasteiger partial charge in [0.2, 0.25) is 0 Å². The summed E-state index contributed by atoms with van der Waals surface area (Å²) in [4.78, 5) is 24.7. The Morgan fingerprint density at radius 2 is 1.63 bits per heavy atom. The van der Waals surface area contributed by atoms with Gasteiger partial charge < -0.3 is 10.6 Å². The van der Waals surface area contributed by atoms with Crippen molar-refractivity contribution in [3.05, 3.63) is 65.2 Å². The van der Waals surface area contributed by atoms with Gasteiger partial charge in [0.1, 0.15) is 0 Å². The van der Waals surface area contributed by atoms with Crippen molar-refractivity contribution in [2.24, 2.45) is 0 Å². The summed E-state index contributed by atoms with van der Waals surface area (Å²) in [5.74, 6) is 2.15. The summed E-state index contributed by atoms with van der Waals surface area (Å²) in [6.45, 7) is 0. The number of rotatable bonds is 5. The fourth-order valence-electron chi connectivity index (χ4n) is 2.91. The van der Waals surface area contributed by atoms with Gasteiger partial charge in [-0.15, -0.1) is 23.5 Å². The van der Waals surface area contributed by atoms with Gasteiger partial charge >= 0.3 is 0 Å². The summed E-state index contributed by atoms with van der Waals surface area (Å²) in [5, 5.41) is 5.86. The topological polar surface area (TPSA) is 58.2 Å². The smallest absolute Gasteiger partial charge is 0.255 e. The SMILES string of the molecule is O=C(Nc1cccc(C(=O)NC2CC2)c1)c1ccc(C2SCCCS2)cc1. The number of benzene rings is 2. The minimum Gasteiger partial charge on any atom is -0.349 e. The zero-order valence-electron chi connectivity index (χ0n) is 14.9. The van der Waals surface area contributed by atoms with E-state index in [1.165, 1.54) is 23.5 Å². The maximum absolute atomic E-state index is 12.5. The number of amides is 2. The van der Waals surface area contributed by atoms with Crippen LogP contribution in [-0.2, 0) is 0 Å². The van der Waals surface area contributed by atoms with Crippen LogP contribution in [0.2, 0.25) is 0 Å². The molecule has 0 radical (unpaired) electrons. The third-order valence-corrected chi connectivity index (χ3v) is 7.58. The lowest BCUT2D eigenvalue weighted by molar-refractivity contribution is 0.0949. The highest BCUT2D eigenvalue weighted by atomic mass is 32.2. The number of thioether (sulfide) groups is 2. The predicted octanol–water partition coefficient (Wildman–Crippen LogP) is 4.70. The molecule has 4 nitrogen and oxygen atoms in total. The summed E-state index contributed by atoms with van der Waals surface area (Å²) in [7, 11) is 0. The van der Waals surface area contributed by atoms with Gasteiger partial charge in [0.25, 0.3) is 11.8 Å². The van der Waals surface area contributed by atoms with Crippen LogP contribution in [0.3, 0.4) is 0 Å². The van der Waals surface area contributed by atoms with E-state index in [1.807, 2.05) is 47.8 Å². The molecule has 2 N–H and O–H groups in total. The molecule has 0 bridgehead atoms. The fraction of sp³-hybridized carbons (Fsp3) is 0.333. The molecule has 1 saturated carbocycles. The summed E-state index contributed by atoms with van der Waals surface area (Å²) >= 11 is 3.94. The van der Waals surface area contributed by atoms with Crippen LogP contribution in [0, 0.1) is 0 Å². The van der Waals surface area contributed by atoms with Crippen molar-refractivity contribution in [2.45, 2.75) is 29.9 Å². The molecule has 6 heteroatoms.